The third-order valence-electron chi connectivity index (χ3n) is 2.60. The van der Waals surface area contributed by atoms with Crippen LogP contribution in [0.2, 0.25) is 0 Å². The fourth-order valence-corrected chi connectivity index (χ4v) is 1.82. The number of nitrogens with two attached hydrogens (primary N) is 1. The SMILES string of the molecule is CN(C)CC(=O)NC1CCC(N)CC1.Cl.Cl. The molecule has 0 atom stereocenters. The standard InChI is InChI=1S/C10H21N3O.2ClH/c1-13(2)7-10(14)12-9-5-3-8(11)4-6-9;;/h8-9H,3-7,11H2,1-2H3,(H,12,14);2*1H. The van der Waals surface area contributed by atoms with Gasteiger partial charge in [0, 0.05) is 12.1 Å². The highest BCUT2D eigenvalue weighted by atomic mass is 35.5. The zero-order valence-corrected chi connectivity index (χ0v) is 11.6. The van der Waals surface area contributed by atoms with Crippen LogP contribution in [0, 0.1) is 0 Å². The normalized spacial score (nSPS) is 24.2. The molecule has 1 rings (SSSR count). The Balaban J connectivity index is 0. The summed E-state index contributed by atoms with van der Waals surface area (Å²) in [6.45, 7) is 0.475. The Kier molecular flexibility index (Phi) is 10.4. The molecule has 6 heteroatoms. The molecule has 0 radical (unpaired) electrons. The summed E-state index contributed by atoms with van der Waals surface area (Å²) >= 11 is 0. The van der Waals surface area contributed by atoms with Gasteiger partial charge < -0.3 is 16.0 Å². The molecule has 16 heavy (non-hydrogen) atoms. The summed E-state index contributed by atoms with van der Waals surface area (Å²) in [5, 5.41) is 3.03. The average Bonchev–Trinajstić information content (AvgIpc) is 2.07. The van der Waals surface area contributed by atoms with Gasteiger partial charge in [-0.25, -0.2) is 0 Å². The number of carbonyl (C=O) groups is 1. The Morgan fingerprint density at radius 2 is 1.75 bits per heavy atom. The number of hydrogen-bond donors (Lipinski definition) is 2. The highest BCUT2D eigenvalue weighted by molar-refractivity contribution is 5.85. The topological polar surface area (TPSA) is 58.4 Å². The van der Waals surface area contributed by atoms with Crippen LogP contribution in [0.3, 0.4) is 0 Å². The van der Waals surface area contributed by atoms with Gasteiger partial charge in [0.1, 0.15) is 0 Å². The van der Waals surface area contributed by atoms with Crippen LogP contribution < -0.4 is 11.1 Å². The van der Waals surface area contributed by atoms with Crippen molar-refractivity contribution in [3.05, 3.63) is 0 Å². The van der Waals surface area contributed by atoms with Gasteiger partial charge in [-0.05, 0) is 39.8 Å². The minimum absolute atomic E-state index is 0. The number of nitrogens with one attached hydrogen (secondary N) is 1. The Labute approximate surface area is 110 Å². The molecule has 98 valence electrons. The zero-order valence-electron chi connectivity index (χ0n) is 9.94. The van der Waals surface area contributed by atoms with Crippen molar-refractivity contribution in [1.82, 2.24) is 10.2 Å². The highest BCUT2D eigenvalue weighted by Gasteiger charge is 2.19. The van der Waals surface area contributed by atoms with E-state index in [1.54, 1.807) is 0 Å². The predicted molar refractivity (Wildman–Crippen MR) is 71.4 cm³/mol. The molecule has 0 unspecified atom stereocenters. The summed E-state index contributed by atoms with van der Waals surface area (Å²) in [4.78, 5) is 13.3. The molecule has 0 saturated heterocycles. The van der Waals surface area contributed by atoms with E-state index in [0.717, 1.165) is 25.7 Å². The number of amides is 1. The van der Waals surface area contributed by atoms with E-state index in [4.69, 9.17) is 5.73 Å². The largest absolute Gasteiger partial charge is 0.352 e. The maximum atomic E-state index is 11.4. The number of carbonyl (C=O) groups excluding carboxylic acids is 1. The molecular formula is C10H23Cl2N3O. The Hall–Kier alpha value is -0.0300. The monoisotopic (exact) mass is 271 g/mol. The predicted octanol–water partition coefficient (Wildman–Crippen LogP) is 0.778. The van der Waals surface area contributed by atoms with Gasteiger partial charge >= 0.3 is 0 Å². The highest BCUT2D eigenvalue weighted by Crippen LogP contribution is 2.16. The number of likely N-dealkylation sites (N-methyl/N-ethyl adjacent to an activating group) is 1. The van der Waals surface area contributed by atoms with E-state index in [1.807, 2.05) is 19.0 Å². The zero-order chi connectivity index (χ0) is 10.6. The van der Waals surface area contributed by atoms with Crippen molar-refractivity contribution in [2.75, 3.05) is 20.6 Å². The average molecular weight is 272 g/mol. The number of halogens is 2. The van der Waals surface area contributed by atoms with Gasteiger partial charge in [0.2, 0.25) is 5.91 Å². The minimum Gasteiger partial charge on any atom is -0.352 e. The van der Waals surface area contributed by atoms with Gasteiger partial charge in [0.25, 0.3) is 0 Å². The second-order valence-corrected chi connectivity index (χ2v) is 4.42. The van der Waals surface area contributed by atoms with Gasteiger partial charge in [0.15, 0.2) is 0 Å². The third kappa shape index (κ3) is 7.28. The summed E-state index contributed by atoms with van der Waals surface area (Å²) in [5.41, 5.74) is 5.79. The molecule has 0 heterocycles. The van der Waals surface area contributed by atoms with Crippen LogP contribution in [-0.4, -0.2) is 43.5 Å². The molecule has 3 N–H and O–H groups in total. The van der Waals surface area contributed by atoms with Crippen LogP contribution in [0.5, 0.6) is 0 Å². The van der Waals surface area contributed by atoms with E-state index < -0.39 is 0 Å². The van der Waals surface area contributed by atoms with E-state index >= 15 is 0 Å². The summed E-state index contributed by atoms with van der Waals surface area (Å²) in [5.74, 6) is 0.121. The number of nitrogens with zero attached hydrogens (tertiary/aromatic N) is 1. The van der Waals surface area contributed by atoms with Gasteiger partial charge in [-0.1, -0.05) is 0 Å². The van der Waals surface area contributed by atoms with Crippen LogP contribution >= 0.6 is 24.8 Å². The first-order valence-electron chi connectivity index (χ1n) is 5.27. The Bertz CT molecular complexity index is 195. The fraction of sp³-hybridized carbons (Fsp3) is 0.900. The van der Waals surface area contributed by atoms with Crippen molar-refractivity contribution in [2.45, 2.75) is 37.8 Å². The van der Waals surface area contributed by atoms with Crippen molar-refractivity contribution in [2.24, 2.45) is 5.73 Å². The van der Waals surface area contributed by atoms with Crippen molar-refractivity contribution in [3.8, 4) is 0 Å². The maximum absolute atomic E-state index is 11.4. The van der Waals surface area contributed by atoms with Gasteiger partial charge in [0.05, 0.1) is 6.54 Å². The van der Waals surface area contributed by atoms with Crippen LogP contribution in [0.15, 0.2) is 0 Å². The minimum atomic E-state index is 0. The molecule has 0 aromatic rings. The summed E-state index contributed by atoms with van der Waals surface area (Å²) < 4.78 is 0. The number of hydrogen-bond acceptors (Lipinski definition) is 3. The van der Waals surface area contributed by atoms with E-state index in [-0.39, 0.29) is 30.7 Å². The van der Waals surface area contributed by atoms with Crippen LogP contribution in [0.1, 0.15) is 25.7 Å². The van der Waals surface area contributed by atoms with Crippen molar-refractivity contribution in [3.63, 3.8) is 0 Å². The van der Waals surface area contributed by atoms with Gasteiger partial charge in [-0.2, -0.15) is 0 Å². The molecule has 0 aromatic carbocycles. The molecule has 1 aliphatic carbocycles. The molecule has 0 aliphatic heterocycles. The van der Waals surface area contributed by atoms with Crippen LogP contribution in [-0.2, 0) is 4.79 Å². The summed E-state index contributed by atoms with van der Waals surface area (Å²) in [6.07, 6.45) is 4.13. The summed E-state index contributed by atoms with van der Waals surface area (Å²) in [6, 6.07) is 0.694. The van der Waals surface area contributed by atoms with Crippen LogP contribution in [0.25, 0.3) is 0 Å². The van der Waals surface area contributed by atoms with Crippen molar-refractivity contribution in [1.29, 1.82) is 0 Å². The lowest BCUT2D eigenvalue weighted by atomic mass is 9.92. The smallest absolute Gasteiger partial charge is 0.234 e. The van der Waals surface area contributed by atoms with Crippen LogP contribution in [0.4, 0.5) is 0 Å². The van der Waals surface area contributed by atoms with Gasteiger partial charge in [-0.15, -0.1) is 24.8 Å². The molecule has 0 aromatic heterocycles. The fourth-order valence-electron chi connectivity index (χ4n) is 1.82. The molecule has 4 nitrogen and oxygen atoms in total. The van der Waals surface area contributed by atoms with E-state index in [0.29, 0.717) is 18.6 Å². The molecule has 1 saturated carbocycles. The summed E-state index contributed by atoms with van der Waals surface area (Å²) in [7, 11) is 3.80. The first-order valence-corrected chi connectivity index (χ1v) is 5.27. The molecular weight excluding hydrogens is 249 g/mol. The van der Waals surface area contributed by atoms with E-state index in [2.05, 4.69) is 5.32 Å². The molecule has 0 spiro atoms. The third-order valence-corrected chi connectivity index (χ3v) is 2.60. The number of rotatable bonds is 3. The lowest BCUT2D eigenvalue weighted by molar-refractivity contribution is -0.122. The van der Waals surface area contributed by atoms with E-state index in [1.165, 1.54) is 0 Å². The second-order valence-electron chi connectivity index (χ2n) is 4.42. The van der Waals surface area contributed by atoms with Gasteiger partial charge in [-0.3, -0.25) is 4.79 Å². The molecule has 1 fully saturated rings. The molecule has 0 bridgehead atoms. The lowest BCUT2D eigenvalue weighted by Crippen LogP contribution is -2.43. The Morgan fingerprint density at radius 3 is 2.19 bits per heavy atom. The molecule has 1 amide bonds. The van der Waals surface area contributed by atoms with E-state index in [9.17, 15) is 4.79 Å². The second kappa shape index (κ2) is 9.05. The van der Waals surface area contributed by atoms with Crippen molar-refractivity contribution < 1.29 is 4.79 Å². The quantitative estimate of drug-likeness (QED) is 0.798. The van der Waals surface area contributed by atoms with Crippen molar-refractivity contribution >= 4 is 30.7 Å². The maximum Gasteiger partial charge on any atom is 0.234 e. The molecule has 1 aliphatic rings. The first kappa shape index (κ1) is 18.3. The first-order chi connectivity index (χ1) is 6.58. The Morgan fingerprint density at radius 1 is 1.25 bits per heavy atom. The lowest BCUT2D eigenvalue weighted by Gasteiger charge is -2.27.